The van der Waals surface area contributed by atoms with Crippen molar-refractivity contribution in [2.45, 2.75) is 33.2 Å². The van der Waals surface area contributed by atoms with E-state index in [1.54, 1.807) is 19.1 Å². The molecule has 1 amide bonds. The Kier molecular flexibility index (Phi) is 6.52. The standard InChI is InChI=1S/C15H22N2O4/c1-4-10(3)17-14(18)9-21-13-7-6-11(16)8-12(13)15(19)20-5-2/h6-8,10H,4-5,9,16H2,1-3H3,(H,17,18). The second-order valence-electron chi connectivity index (χ2n) is 4.64. The molecule has 0 aliphatic rings. The molecule has 6 nitrogen and oxygen atoms in total. The van der Waals surface area contributed by atoms with Gasteiger partial charge in [-0.3, -0.25) is 4.79 Å². The van der Waals surface area contributed by atoms with Gasteiger partial charge in [0.2, 0.25) is 0 Å². The highest BCUT2D eigenvalue weighted by molar-refractivity contribution is 5.93. The quantitative estimate of drug-likeness (QED) is 0.590. The number of nitrogens with two attached hydrogens (primary N) is 1. The number of esters is 1. The topological polar surface area (TPSA) is 90.7 Å². The second-order valence-corrected chi connectivity index (χ2v) is 4.64. The predicted molar refractivity (Wildman–Crippen MR) is 80.2 cm³/mol. The number of anilines is 1. The van der Waals surface area contributed by atoms with Gasteiger partial charge < -0.3 is 20.5 Å². The van der Waals surface area contributed by atoms with Crippen molar-refractivity contribution in [3.8, 4) is 5.75 Å². The molecule has 0 fully saturated rings. The Balaban J connectivity index is 2.74. The third kappa shape index (κ3) is 5.33. The third-order valence-corrected chi connectivity index (χ3v) is 2.88. The van der Waals surface area contributed by atoms with Crippen LogP contribution >= 0.6 is 0 Å². The number of carbonyl (C=O) groups is 2. The van der Waals surface area contributed by atoms with Crippen molar-refractivity contribution in [2.75, 3.05) is 18.9 Å². The molecular formula is C15H22N2O4. The molecule has 0 saturated heterocycles. The lowest BCUT2D eigenvalue weighted by atomic mass is 10.2. The zero-order valence-electron chi connectivity index (χ0n) is 12.6. The first-order chi connectivity index (χ1) is 9.97. The Morgan fingerprint density at radius 1 is 1.33 bits per heavy atom. The Morgan fingerprint density at radius 3 is 2.67 bits per heavy atom. The summed E-state index contributed by atoms with van der Waals surface area (Å²) in [4.78, 5) is 23.5. The maximum absolute atomic E-state index is 11.8. The van der Waals surface area contributed by atoms with Gasteiger partial charge in [0.05, 0.1) is 6.61 Å². The number of carbonyl (C=O) groups excluding carboxylic acids is 2. The molecule has 3 N–H and O–H groups in total. The maximum Gasteiger partial charge on any atom is 0.341 e. The number of hydrogen-bond acceptors (Lipinski definition) is 5. The Hall–Kier alpha value is -2.24. The van der Waals surface area contributed by atoms with Gasteiger partial charge in [0, 0.05) is 11.7 Å². The normalized spacial score (nSPS) is 11.6. The smallest absolute Gasteiger partial charge is 0.341 e. The van der Waals surface area contributed by atoms with Crippen LogP contribution in [0.2, 0.25) is 0 Å². The lowest BCUT2D eigenvalue weighted by Crippen LogP contribution is -2.35. The van der Waals surface area contributed by atoms with Gasteiger partial charge in [0.1, 0.15) is 11.3 Å². The summed E-state index contributed by atoms with van der Waals surface area (Å²) in [5.41, 5.74) is 6.30. The number of nitrogen functional groups attached to an aromatic ring is 1. The van der Waals surface area contributed by atoms with E-state index >= 15 is 0 Å². The van der Waals surface area contributed by atoms with Crippen LogP contribution in [0, 0.1) is 0 Å². The monoisotopic (exact) mass is 294 g/mol. The molecule has 1 unspecified atom stereocenters. The summed E-state index contributed by atoms with van der Waals surface area (Å²) >= 11 is 0. The van der Waals surface area contributed by atoms with Crippen molar-refractivity contribution in [3.63, 3.8) is 0 Å². The van der Waals surface area contributed by atoms with E-state index in [1.165, 1.54) is 6.07 Å². The molecule has 0 aliphatic carbocycles. The van der Waals surface area contributed by atoms with Crippen molar-refractivity contribution in [1.29, 1.82) is 0 Å². The number of rotatable bonds is 7. The van der Waals surface area contributed by atoms with Crippen molar-refractivity contribution in [1.82, 2.24) is 5.32 Å². The molecule has 0 spiro atoms. The van der Waals surface area contributed by atoms with Gasteiger partial charge >= 0.3 is 5.97 Å². The molecular weight excluding hydrogens is 272 g/mol. The fraction of sp³-hybridized carbons (Fsp3) is 0.467. The molecule has 21 heavy (non-hydrogen) atoms. The first kappa shape index (κ1) is 16.8. The van der Waals surface area contributed by atoms with E-state index in [-0.39, 0.29) is 36.5 Å². The summed E-state index contributed by atoms with van der Waals surface area (Å²) in [6.45, 7) is 5.68. The highest BCUT2D eigenvalue weighted by atomic mass is 16.5. The highest BCUT2D eigenvalue weighted by Crippen LogP contribution is 2.22. The Bertz CT molecular complexity index is 502. The SMILES string of the molecule is CCOC(=O)c1cc(N)ccc1OCC(=O)NC(C)CC. The zero-order valence-corrected chi connectivity index (χ0v) is 12.6. The predicted octanol–water partition coefficient (Wildman–Crippen LogP) is 1.74. The number of benzene rings is 1. The molecule has 1 rings (SSSR count). The van der Waals surface area contributed by atoms with Crippen LogP contribution in [0.4, 0.5) is 5.69 Å². The summed E-state index contributed by atoms with van der Waals surface area (Å²) in [5.74, 6) is -0.486. The molecule has 1 atom stereocenters. The van der Waals surface area contributed by atoms with Crippen LogP contribution in [0.5, 0.6) is 5.75 Å². The minimum Gasteiger partial charge on any atom is -0.483 e. The van der Waals surface area contributed by atoms with Crippen LogP contribution in [-0.2, 0) is 9.53 Å². The molecule has 1 aromatic carbocycles. The summed E-state index contributed by atoms with van der Waals surface area (Å²) < 4.78 is 10.3. The highest BCUT2D eigenvalue weighted by Gasteiger charge is 2.15. The van der Waals surface area contributed by atoms with E-state index in [1.807, 2.05) is 13.8 Å². The molecule has 0 bridgehead atoms. The van der Waals surface area contributed by atoms with Crippen LogP contribution in [0.15, 0.2) is 18.2 Å². The average molecular weight is 294 g/mol. The van der Waals surface area contributed by atoms with Gasteiger partial charge in [-0.25, -0.2) is 4.79 Å². The minimum atomic E-state index is -0.526. The summed E-state index contributed by atoms with van der Waals surface area (Å²) in [6, 6.07) is 4.71. The number of hydrogen-bond donors (Lipinski definition) is 2. The molecule has 0 saturated carbocycles. The third-order valence-electron chi connectivity index (χ3n) is 2.88. The average Bonchev–Trinajstić information content (AvgIpc) is 2.45. The van der Waals surface area contributed by atoms with Crippen LogP contribution in [-0.4, -0.2) is 31.1 Å². The first-order valence-corrected chi connectivity index (χ1v) is 6.96. The molecule has 0 aliphatic heterocycles. The summed E-state index contributed by atoms with van der Waals surface area (Å²) in [6.07, 6.45) is 0.835. The molecule has 0 radical (unpaired) electrons. The summed E-state index contributed by atoms with van der Waals surface area (Å²) in [7, 11) is 0. The van der Waals surface area contributed by atoms with Crippen LogP contribution in [0.25, 0.3) is 0 Å². The van der Waals surface area contributed by atoms with Crippen molar-refractivity contribution < 1.29 is 19.1 Å². The van der Waals surface area contributed by atoms with Crippen LogP contribution in [0.1, 0.15) is 37.6 Å². The molecule has 0 aromatic heterocycles. The maximum atomic E-state index is 11.8. The van der Waals surface area contributed by atoms with E-state index in [2.05, 4.69) is 5.32 Å². The second kappa shape index (κ2) is 8.14. The molecule has 6 heteroatoms. The van der Waals surface area contributed by atoms with E-state index in [9.17, 15) is 9.59 Å². The van der Waals surface area contributed by atoms with E-state index in [0.29, 0.717) is 5.69 Å². The van der Waals surface area contributed by atoms with Crippen molar-refractivity contribution >= 4 is 17.6 Å². The largest absolute Gasteiger partial charge is 0.483 e. The van der Waals surface area contributed by atoms with Gasteiger partial charge in [0.25, 0.3) is 5.91 Å². The van der Waals surface area contributed by atoms with E-state index in [4.69, 9.17) is 15.2 Å². The Labute approximate surface area is 124 Å². The van der Waals surface area contributed by atoms with Gasteiger partial charge in [-0.1, -0.05) is 6.92 Å². The van der Waals surface area contributed by atoms with Crippen molar-refractivity contribution in [3.05, 3.63) is 23.8 Å². The molecule has 0 heterocycles. The van der Waals surface area contributed by atoms with E-state index < -0.39 is 5.97 Å². The lowest BCUT2D eigenvalue weighted by Gasteiger charge is -2.14. The fourth-order valence-electron chi connectivity index (χ4n) is 1.60. The Morgan fingerprint density at radius 2 is 2.05 bits per heavy atom. The first-order valence-electron chi connectivity index (χ1n) is 6.96. The minimum absolute atomic E-state index is 0.0806. The van der Waals surface area contributed by atoms with Gasteiger partial charge in [-0.15, -0.1) is 0 Å². The van der Waals surface area contributed by atoms with Crippen LogP contribution < -0.4 is 15.8 Å². The lowest BCUT2D eigenvalue weighted by molar-refractivity contribution is -0.123. The fourth-order valence-corrected chi connectivity index (χ4v) is 1.60. The van der Waals surface area contributed by atoms with E-state index in [0.717, 1.165) is 6.42 Å². The van der Waals surface area contributed by atoms with Crippen molar-refractivity contribution in [2.24, 2.45) is 0 Å². The zero-order chi connectivity index (χ0) is 15.8. The molecule has 1 aromatic rings. The van der Waals surface area contributed by atoms with Gasteiger partial charge in [-0.05, 0) is 38.5 Å². The number of ether oxygens (including phenoxy) is 2. The van der Waals surface area contributed by atoms with Gasteiger partial charge in [-0.2, -0.15) is 0 Å². The number of nitrogens with one attached hydrogen (secondary N) is 1. The number of amides is 1. The van der Waals surface area contributed by atoms with Crippen LogP contribution in [0.3, 0.4) is 0 Å². The summed E-state index contributed by atoms with van der Waals surface area (Å²) in [5, 5.41) is 2.78. The molecule has 116 valence electrons. The van der Waals surface area contributed by atoms with Gasteiger partial charge in [0.15, 0.2) is 6.61 Å².